The average Bonchev–Trinajstić information content (AvgIpc) is 3.20. The van der Waals surface area contributed by atoms with E-state index in [4.69, 9.17) is 4.98 Å². The van der Waals surface area contributed by atoms with Gasteiger partial charge in [-0.15, -0.1) is 5.10 Å². The summed E-state index contributed by atoms with van der Waals surface area (Å²) in [5.74, 6) is 1.14. The first-order valence-corrected chi connectivity index (χ1v) is 11.6. The minimum absolute atomic E-state index is 0.103. The van der Waals surface area contributed by atoms with Crippen LogP contribution in [0.4, 0.5) is 0 Å². The van der Waals surface area contributed by atoms with Crippen LogP contribution in [0.1, 0.15) is 68.0 Å². The number of carbonyl (C=O) groups excluding carboxylic acids is 1. The number of piperidine rings is 1. The molecule has 4 rings (SSSR count). The molecular formula is C24H32N6O2. The maximum absolute atomic E-state index is 12.7. The highest BCUT2D eigenvalue weighted by atomic mass is 16.2. The molecule has 8 heteroatoms. The summed E-state index contributed by atoms with van der Waals surface area (Å²) in [5.41, 5.74) is 4.00. The van der Waals surface area contributed by atoms with Gasteiger partial charge in [0.1, 0.15) is 5.82 Å². The molecule has 0 spiro atoms. The topological polar surface area (TPSA) is 96.8 Å². The monoisotopic (exact) mass is 436 g/mol. The fourth-order valence-electron chi connectivity index (χ4n) is 4.58. The number of H-pyrrole nitrogens is 1. The third-order valence-corrected chi connectivity index (χ3v) is 6.74. The van der Waals surface area contributed by atoms with Gasteiger partial charge in [0.2, 0.25) is 5.91 Å². The Bertz CT molecular complexity index is 1170. The molecule has 0 unspecified atom stereocenters. The maximum Gasteiger partial charge on any atom is 0.281 e. The summed E-state index contributed by atoms with van der Waals surface area (Å²) in [6, 6.07) is 6.30. The number of fused-ring (bicyclic) bond motifs is 1. The van der Waals surface area contributed by atoms with Gasteiger partial charge >= 0.3 is 0 Å². The Morgan fingerprint density at radius 3 is 2.59 bits per heavy atom. The zero-order valence-corrected chi connectivity index (χ0v) is 19.4. The van der Waals surface area contributed by atoms with E-state index in [9.17, 15) is 9.59 Å². The number of hydrogen-bond donors (Lipinski definition) is 1. The molecule has 1 aromatic carbocycles. The Labute approximate surface area is 188 Å². The van der Waals surface area contributed by atoms with Gasteiger partial charge in [0, 0.05) is 24.9 Å². The highest BCUT2D eigenvalue weighted by Gasteiger charge is 2.29. The van der Waals surface area contributed by atoms with E-state index in [1.165, 1.54) is 11.1 Å². The van der Waals surface area contributed by atoms with Gasteiger partial charge in [-0.3, -0.25) is 9.59 Å². The van der Waals surface area contributed by atoms with Gasteiger partial charge in [-0.2, -0.15) is 0 Å². The minimum atomic E-state index is -0.257. The molecule has 0 atom stereocenters. The molecule has 0 saturated carbocycles. The molecule has 0 bridgehead atoms. The second-order valence-corrected chi connectivity index (χ2v) is 8.91. The smallest absolute Gasteiger partial charge is 0.281 e. The van der Waals surface area contributed by atoms with Gasteiger partial charge in [0.25, 0.3) is 5.56 Å². The van der Waals surface area contributed by atoms with E-state index in [0.29, 0.717) is 31.1 Å². The number of aryl methyl sites for hydroxylation is 2. The minimum Gasteiger partial charge on any atom is -0.342 e. The van der Waals surface area contributed by atoms with Crippen LogP contribution in [-0.2, 0) is 11.3 Å². The van der Waals surface area contributed by atoms with Crippen molar-refractivity contribution < 1.29 is 4.79 Å². The number of benzene rings is 1. The van der Waals surface area contributed by atoms with E-state index in [0.717, 1.165) is 31.2 Å². The highest BCUT2D eigenvalue weighted by molar-refractivity contribution is 5.78. The van der Waals surface area contributed by atoms with E-state index in [2.05, 4.69) is 61.2 Å². The molecule has 0 radical (unpaired) electrons. The largest absolute Gasteiger partial charge is 0.342 e. The Kier molecular flexibility index (Phi) is 6.39. The fourth-order valence-corrected chi connectivity index (χ4v) is 4.58. The van der Waals surface area contributed by atoms with Gasteiger partial charge in [-0.05, 0) is 50.7 Å². The fraction of sp³-hybridized carbons (Fsp3) is 0.542. The summed E-state index contributed by atoms with van der Waals surface area (Å²) in [6.07, 6.45) is 3.33. The predicted octanol–water partition coefficient (Wildman–Crippen LogP) is 3.32. The third-order valence-electron chi connectivity index (χ3n) is 6.74. The lowest BCUT2D eigenvalue weighted by molar-refractivity contribution is -0.136. The lowest BCUT2D eigenvalue weighted by Crippen LogP contribution is -2.41. The van der Waals surface area contributed by atoms with Crippen LogP contribution in [0.2, 0.25) is 0 Å². The molecule has 1 aliphatic rings. The number of hydrogen-bond acceptors (Lipinski definition) is 5. The molecular weight excluding hydrogens is 404 g/mol. The molecule has 3 aromatic rings. The summed E-state index contributed by atoms with van der Waals surface area (Å²) in [5, 5.41) is 8.29. The van der Waals surface area contributed by atoms with Crippen molar-refractivity contribution in [3.8, 4) is 0 Å². The molecule has 1 aliphatic heterocycles. The van der Waals surface area contributed by atoms with Crippen molar-refractivity contribution in [2.45, 2.75) is 65.8 Å². The van der Waals surface area contributed by atoms with Crippen molar-refractivity contribution >= 4 is 17.1 Å². The number of aromatic amines is 1. The van der Waals surface area contributed by atoms with Crippen LogP contribution in [0.3, 0.4) is 0 Å². The summed E-state index contributed by atoms with van der Waals surface area (Å²) in [4.78, 5) is 35.1. The number of amides is 1. The van der Waals surface area contributed by atoms with Gasteiger partial charge in [-0.1, -0.05) is 42.8 Å². The zero-order valence-electron chi connectivity index (χ0n) is 19.4. The molecule has 32 heavy (non-hydrogen) atoms. The van der Waals surface area contributed by atoms with Gasteiger partial charge in [0.15, 0.2) is 11.2 Å². The van der Waals surface area contributed by atoms with Crippen LogP contribution >= 0.6 is 0 Å². The third kappa shape index (κ3) is 4.31. The highest BCUT2D eigenvalue weighted by Crippen LogP contribution is 2.27. The van der Waals surface area contributed by atoms with Crippen LogP contribution in [0.25, 0.3) is 11.2 Å². The number of rotatable bonds is 6. The number of nitrogens with zero attached hydrogens (tertiary/aromatic N) is 5. The summed E-state index contributed by atoms with van der Waals surface area (Å²) >= 11 is 0. The first kappa shape index (κ1) is 22.2. The predicted molar refractivity (Wildman–Crippen MR) is 124 cm³/mol. The molecule has 3 heterocycles. The van der Waals surface area contributed by atoms with E-state index >= 15 is 0 Å². The lowest BCUT2D eigenvalue weighted by atomic mass is 9.93. The van der Waals surface area contributed by atoms with Gasteiger partial charge in [-0.25, -0.2) is 9.67 Å². The van der Waals surface area contributed by atoms with Crippen molar-refractivity contribution in [3.63, 3.8) is 0 Å². The summed E-state index contributed by atoms with van der Waals surface area (Å²) < 4.78 is 1.71. The first-order chi connectivity index (χ1) is 15.4. The normalized spacial score (nSPS) is 15.1. The van der Waals surface area contributed by atoms with Crippen LogP contribution in [0, 0.1) is 19.8 Å². The molecule has 1 N–H and O–H groups in total. The number of likely N-dealkylation sites (tertiary alicyclic amines) is 1. The van der Waals surface area contributed by atoms with Crippen LogP contribution in [-0.4, -0.2) is 48.9 Å². The molecule has 1 saturated heterocycles. The lowest BCUT2D eigenvalue weighted by Gasteiger charge is -2.33. The Morgan fingerprint density at radius 1 is 1.19 bits per heavy atom. The van der Waals surface area contributed by atoms with Crippen molar-refractivity contribution in [1.29, 1.82) is 0 Å². The number of carbonyl (C=O) groups is 1. The van der Waals surface area contributed by atoms with Crippen molar-refractivity contribution in [3.05, 3.63) is 51.1 Å². The second-order valence-electron chi connectivity index (χ2n) is 8.91. The molecule has 8 nitrogen and oxygen atoms in total. The zero-order chi connectivity index (χ0) is 22.8. The molecule has 170 valence electrons. The van der Waals surface area contributed by atoms with E-state index in [-0.39, 0.29) is 28.8 Å². The first-order valence-electron chi connectivity index (χ1n) is 11.6. The van der Waals surface area contributed by atoms with E-state index < -0.39 is 0 Å². The SMILES string of the molecule is CCC(CC)C(=O)N1CCC(c2nc3c(nnn3Cc3cc(C)ccc3C)c(=O)[nH]2)CC1. The average molecular weight is 437 g/mol. The van der Waals surface area contributed by atoms with Crippen molar-refractivity contribution in [2.75, 3.05) is 13.1 Å². The van der Waals surface area contributed by atoms with E-state index in [1.54, 1.807) is 4.68 Å². The molecule has 2 aromatic heterocycles. The van der Waals surface area contributed by atoms with Crippen LogP contribution in [0.5, 0.6) is 0 Å². The Morgan fingerprint density at radius 2 is 1.91 bits per heavy atom. The van der Waals surface area contributed by atoms with Crippen molar-refractivity contribution in [1.82, 2.24) is 29.9 Å². The Hall–Kier alpha value is -3.03. The number of nitrogens with one attached hydrogen (secondary N) is 1. The Balaban J connectivity index is 1.56. The standard InChI is InChI=1S/C24H32N6O2/c1-5-17(6-2)24(32)29-11-9-18(10-12-29)21-25-22-20(23(31)26-21)27-28-30(22)14-19-13-15(3)7-8-16(19)4/h7-8,13,17-18H,5-6,9-12,14H2,1-4H3,(H,25,26,31). The van der Waals surface area contributed by atoms with Gasteiger partial charge < -0.3 is 9.88 Å². The summed E-state index contributed by atoms with van der Waals surface area (Å²) in [7, 11) is 0. The molecule has 1 fully saturated rings. The number of aromatic nitrogens is 5. The van der Waals surface area contributed by atoms with E-state index in [1.807, 2.05) is 4.90 Å². The molecule has 0 aliphatic carbocycles. The molecule has 1 amide bonds. The van der Waals surface area contributed by atoms with Crippen LogP contribution in [0.15, 0.2) is 23.0 Å². The van der Waals surface area contributed by atoms with Crippen LogP contribution < -0.4 is 5.56 Å². The van der Waals surface area contributed by atoms with Crippen molar-refractivity contribution in [2.24, 2.45) is 5.92 Å². The van der Waals surface area contributed by atoms with Gasteiger partial charge in [0.05, 0.1) is 6.54 Å². The second kappa shape index (κ2) is 9.22. The summed E-state index contributed by atoms with van der Waals surface area (Å²) in [6.45, 7) is 10.2. The quantitative estimate of drug-likeness (QED) is 0.639. The maximum atomic E-state index is 12.7.